The molecule has 0 saturated carbocycles. The van der Waals surface area contributed by atoms with E-state index in [2.05, 4.69) is 36.5 Å². The van der Waals surface area contributed by atoms with Crippen LogP contribution >= 0.6 is 11.6 Å². The predicted octanol–water partition coefficient (Wildman–Crippen LogP) is 6.32. The molecule has 3 rings (SSSR count). The molecule has 0 bridgehead atoms. The summed E-state index contributed by atoms with van der Waals surface area (Å²) in [5, 5.41) is 12.0. The molecular formula is C27H28ClNO4. The maximum Gasteiger partial charge on any atom is 0.337 e. The molecule has 0 atom stereocenters. The highest BCUT2D eigenvalue weighted by molar-refractivity contribution is 6.33. The van der Waals surface area contributed by atoms with Gasteiger partial charge in [0.1, 0.15) is 5.75 Å². The molecule has 6 heteroatoms. The van der Waals surface area contributed by atoms with Crippen LogP contribution < -0.4 is 10.1 Å². The number of amides is 1. The number of rotatable bonds is 11. The molecule has 0 aliphatic heterocycles. The first-order valence-corrected chi connectivity index (χ1v) is 11.4. The zero-order chi connectivity index (χ0) is 23.6. The van der Waals surface area contributed by atoms with E-state index in [0.29, 0.717) is 18.7 Å². The first-order valence-electron chi connectivity index (χ1n) is 11.0. The van der Waals surface area contributed by atoms with Gasteiger partial charge < -0.3 is 15.2 Å². The first kappa shape index (κ1) is 24.3. The summed E-state index contributed by atoms with van der Waals surface area (Å²) in [4.78, 5) is 23.4. The minimum absolute atomic E-state index is 0.0415. The molecule has 0 aliphatic rings. The Balaban J connectivity index is 1.37. The summed E-state index contributed by atoms with van der Waals surface area (Å²) in [5.74, 6) is -0.506. The van der Waals surface area contributed by atoms with E-state index in [-0.39, 0.29) is 22.9 Å². The van der Waals surface area contributed by atoms with Gasteiger partial charge in [-0.3, -0.25) is 4.79 Å². The third-order valence-electron chi connectivity index (χ3n) is 5.29. The molecule has 0 aromatic heterocycles. The molecule has 0 aliphatic carbocycles. The topological polar surface area (TPSA) is 75.6 Å². The molecule has 0 fully saturated rings. The molecule has 33 heavy (non-hydrogen) atoms. The Bertz CT molecular complexity index is 1080. The van der Waals surface area contributed by atoms with E-state index in [0.717, 1.165) is 30.6 Å². The summed E-state index contributed by atoms with van der Waals surface area (Å²) >= 11 is 5.86. The van der Waals surface area contributed by atoms with Gasteiger partial charge in [-0.15, -0.1) is 0 Å². The van der Waals surface area contributed by atoms with Crippen molar-refractivity contribution in [2.45, 2.75) is 39.0 Å². The number of carbonyl (C=O) groups excluding carboxylic acids is 1. The van der Waals surface area contributed by atoms with E-state index in [1.165, 1.54) is 23.3 Å². The molecule has 1 amide bonds. The van der Waals surface area contributed by atoms with Crippen molar-refractivity contribution in [3.05, 3.63) is 94.0 Å². The van der Waals surface area contributed by atoms with Gasteiger partial charge in [0.2, 0.25) is 5.91 Å². The largest absolute Gasteiger partial charge is 0.494 e. The predicted molar refractivity (Wildman–Crippen MR) is 131 cm³/mol. The lowest BCUT2D eigenvalue weighted by molar-refractivity contribution is -0.116. The third kappa shape index (κ3) is 7.95. The number of carboxylic acids is 1. The van der Waals surface area contributed by atoms with E-state index in [1.807, 2.05) is 24.3 Å². The summed E-state index contributed by atoms with van der Waals surface area (Å²) < 4.78 is 5.82. The van der Waals surface area contributed by atoms with Crippen molar-refractivity contribution < 1.29 is 19.4 Å². The minimum atomic E-state index is -1.13. The zero-order valence-corrected chi connectivity index (χ0v) is 19.4. The lowest BCUT2D eigenvalue weighted by Crippen LogP contribution is -2.13. The number of aromatic carboxylic acids is 1. The van der Waals surface area contributed by atoms with Crippen LogP contribution in [-0.4, -0.2) is 23.6 Å². The highest BCUT2D eigenvalue weighted by Crippen LogP contribution is 2.21. The van der Waals surface area contributed by atoms with Crippen LogP contribution in [0.15, 0.2) is 66.7 Å². The summed E-state index contributed by atoms with van der Waals surface area (Å²) in [6.45, 7) is 2.77. The number of carbonyl (C=O) groups is 2. The highest BCUT2D eigenvalue weighted by Gasteiger charge is 2.11. The Kier molecular flexibility index (Phi) is 8.90. The molecule has 3 aromatic rings. The first-order chi connectivity index (χ1) is 15.9. The Morgan fingerprint density at radius 1 is 0.909 bits per heavy atom. The number of carboxylic acid groups (broad SMARTS) is 1. The van der Waals surface area contributed by atoms with E-state index in [9.17, 15) is 9.59 Å². The fraction of sp³-hybridized carbons (Fsp3) is 0.259. The molecule has 0 saturated heterocycles. The lowest BCUT2D eigenvalue weighted by Gasteiger charge is -2.09. The highest BCUT2D eigenvalue weighted by atomic mass is 35.5. The maximum absolute atomic E-state index is 12.2. The number of hydrogen-bond acceptors (Lipinski definition) is 3. The van der Waals surface area contributed by atoms with Crippen LogP contribution in [0.1, 0.15) is 46.3 Å². The third-order valence-corrected chi connectivity index (χ3v) is 5.62. The van der Waals surface area contributed by atoms with Crippen LogP contribution in [-0.2, 0) is 17.6 Å². The molecule has 0 unspecified atom stereocenters. The van der Waals surface area contributed by atoms with Crippen LogP contribution in [0.2, 0.25) is 5.02 Å². The molecule has 2 N–H and O–H groups in total. The van der Waals surface area contributed by atoms with Crippen LogP contribution in [0.4, 0.5) is 5.69 Å². The Labute approximate surface area is 199 Å². The smallest absolute Gasteiger partial charge is 0.337 e. The molecule has 0 heterocycles. The van der Waals surface area contributed by atoms with Crippen molar-refractivity contribution >= 4 is 29.2 Å². The lowest BCUT2D eigenvalue weighted by atomic mass is 10.1. The van der Waals surface area contributed by atoms with E-state index < -0.39 is 5.97 Å². The SMILES string of the molecule is Cc1ccc(CCCCOc2ccc(CCC(=O)Nc3ccc(Cl)c(C(=O)O)c3)cc2)cc1. The van der Waals surface area contributed by atoms with Gasteiger partial charge in [-0.05, 0) is 74.1 Å². The number of unbranched alkanes of at least 4 members (excludes halogenated alkanes) is 1. The summed E-state index contributed by atoms with van der Waals surface area (Å²) in [6.07, 6.45) is 3.98. The van der Waals surface area contributed by atoms with Crippen LogP contribution in [0, 0.1) is 6.92 Å². The number of benzene rings is 3. The monoisotopic (exact) mass is 465 g/mol. The summed E-state index contributed by atoms with van der Waals surface area (Å²) in [5.41, 5.74) is 4.03. The van der Waals surface area contributed by atoms with Crippen LogP contribution in [0.25, 0.3) is 0 Å². The molecular weight excluding hydrogens is 438 g/mol. The number of aryl methyl sites for hydroxylation is 3. The average molecular weight is 466 g/mol. The van der Waals surface area contributed by atoms with Gasteiger partial charge in [0.25, 0.3) is 0 Å². The second kappa shape index (κ2) is 12.1. The fourth-order valence-electron chi connectivity index (χ4n) is 3.38. The van der Waals surface area contributed by atoms with Gasteiger partial charge in [-0.25, -0.2) is 4.79 Å². The Hall–Kier alpha value is -3.31. The van der Waals surface area contributed by atoms with Gasteiger partial charge in [-0.1, -0.05) is 53.6 Å². The Morgan fingerprint density at radius 3 is 2.27 bits per heavy atom. The van der Waals surface area contributed by atoms with Crippen molar-refractivity contribution in [2.24, 2.45) is 0 Å². The summed E-state index contributed by atoms with van der Waals surface area (Å²) in [7, 11) is 0. The van der Waals surface area contributed by atoms with Gasteiger partial charge >= 0.3 is 5.97 Å². The fourth-order valence-corrected chi connectivity index (χ4v) is 3.57. The quantitative estimate of drug-likeness (QED) is 0.325. The molecule has 172 valence electrons. The van der Waals surface area contributed by atoms with Crippen molar-refractivity contribution in [3.63, 3.8) is 0 Å². The number of anilines is 1. The number of ether oxygens (including phenoxy) is 1. The molecule has 0 radical (unpaired) electrons. The minimum Gasteiger partial charge on any atom is -0.494 e. The maximum atomic E-state index is 12.2. The van der Waals surface area contributed by atoms with E-state index in [4.69, 9.17) is 21.4 Å². The normalized spacial score (nSPS) is 10.6. The zero-order valence-electron chi connectivity index (χ0n) is 18.6. The van der Waals surface area contributed by atoms with Gasteiger partial charge in [0.15, 0.2) is 0 Å². The van der Waals surface area contributed by atoms with Crippen molar-refractivity contribution in [1.82, 2.24) is 0 Å². The molecule has 0 spiro atoms. The van der Waals surface area contributed by atoms with Gasteiger partial charge in [0.05, 0.1) is 17.2 Å². The van der Waals surface area contributed by atoms with Crippen LogP contribution in [0.3, 0.4) is 0 Å². The summed E-state index contributed by atoms with van der Waals surface area (Å²) in [6, 6.07) is 20.8. The van der Waals surface area contributed by atoms with E-state index >= 15 is 0 Å². The number of nitrogens with one attached hydrogen (secondary N) is 1. The second-order valence-electron chi connectivity index (χ2n) is 7.98. The van der Waals surface area contributed by atoms with E-state index in [1.54, 1.807) is 6.07 Å². The molecule has 3 aromatic carbocycles. The van der Waals surface area contributed by atoms with Crippen LogP contribution in [0.5, 0.6) is 5.75 Å². The van der Waals surface area contributed by atoms with Crippen molar-refractivity contribution in [1.29, 1.82) is 0 Å². The molecule has 5 nitrogen and oxygen atoms in total. The standard InChI is InChI=1S/C27H28ClNO4/c1-19-5-7-20(8-6-19)4-2-3-17-33-23-13-9-21(10-14-23)11-16-26(30)29-22-12-15-25(28)24(18-22)27(31)32/h5-10,12-15,18H,2-4,11,16-17H2,1H3,(H,29,30)(H,31,32). The van der Waals surface area contributed by atoms with Crippen molar-refractivity contribution in [3.8, 4) is 5.75 Å². The van der Waals surface area contributed by atoms with Gasteiger partial charge in [0, 0.05) is 12.1 Å². The second-order valence-corrected chi connectivity index (χ2v) is 8.39. The average Bonchev–Trinajstić information content (AvgIpc) is 2.80. The van der Waals surface area contributed by atoms with Crippen molar-refractivity contribution in [2.75, 3.05) is 11.9 Å². The van der Waals surface area contributed by atoms with Gasteiger partial charge in [-0.2, -0.15) is 0 Å². The number of hydrogen-bond donors (Lipinski definition) is 2. The Morgan fingerprint density at radius 2 is 1.58 bits per heavy atom. The number of halogens is 1.